The minimum atomic E-state index is -0.539. The molecule has 4 heteroatoms. The number of Topliss-reactive ketones (excluding diaryl/α,β-unsaturated/α-hetero) is 1. The molecule has 0 radical (unpaired) electrons. The van der Waals surface area contributed by atoms with Gasteiger partial charge in [-0.2, -0.15) is 0 Å². The Morgan fingerprint density at radius 2 is 1.71 bits per heavy atom. The van der Waals surface area contributed by atoms with Crippen LogP contribution in [-0.2, 0) is 5.54 Å². The average molecular weight is 296 g/mol. The van der Waals surface area contributed by atoms with E-state index in [0.29, 0.717) is 17.3 Å². The third kappa shape index (κ3) is 2.85. The van der Waals surface area contributed by atoms with E-state index < -0.39 is 5.54 Å². The number of hydrogen-bond acceptors (Lipinski definition) is 4. The first kappa shape index (κ1) is 13.9. The highest BCUT2D eigenvalue weighted by Crippen LogP contribution is 2.39. The number of nitrogens with two attached hydrogens (primary N) is 1. The van der Waals surface area contributed by atoms with Crippen molar-refractivity contribution >= 4 is 22.7 Å². The molecule has 0 saturated carbocycles. The van der Waals surface area contributed by atoms with Gasteiger partial charge in [-0.3, -0.25) is 4.79 Å². The zero-order chi connectivity index (χ0) is 14.7. The quantitative estimate of drug-likeness (QED) is 0.881. The lowest BCUT2D eigenvalue weighted by atomic mass is 9.86. The van der Waals surface area contributed by atoms with Crippen LogP contribution < -0.4 is 5.73 Å². The predicted molar refractivity (Wildman–Crippen MR) is 87.6 cm³/mol. The number of amidine groups is 1. The average Bonchev–Trinajstić information content (AvgIpc) is 2.91. The van der Waals surface area contributed by atoms with Crippen molar-refractivity contribution in [1.82, 2.24) is 0 Å². The van der Waals surface area contributed by atoms with Gasteiger partial charge in [0.05, 0.1) is 0 Å². The van der Waals surface area contributed by atoms with Crippen LogP contribution in [-0.4, -0.2) is 16.7 Å². The molecular weight excluding hydrogens is 280 g/mol. The van der Waals surface area contributed by atoms with Crippen molar-refractivity contribution in [1.29, 1.82) is 0 Å². The number of nitrogens with zero attached hydrogens (tertiary/aromatic N) is 1. The molecule has 1 aliphatic rings. The van der Waals surface area contributed by atoms with Crippen molar-refractivity contribution in [3.63, 3.8) is 0 Å². The highest BCUT2D eigenvalue weighted by Gasteiger charge is 2.38. The molecule has 0 fully saturated rings. The Kier molecular flexibility index (Phi) is 3.80. The summed E-state index contributed by atoms with van der Waals surface area (Å²) in [6.07, 6.45) is 0.342. The van der Waals surface area contributed by atoms with Crippen molar-refractivity contribution in [2.24, 2.45) is 10.7 Å². The third-order valence-electron chi connectivity index (χ3n) is 3.64. The summed E-state index contributed by atoms with van der Waals surface area (Å²) in [5.74, 6) is 0.806. The summed E-state index contributed by atoms with van der Waals surface area (Å²) in [6.45, 7) is 0. The Morgan fingerprint density at radius 1 is 1.10 bits per heavy atom. The molecule has 1 heterocycles. The highest BCUT2D eigenvalue weighted by molar-refractivity contribution is 8.14. The van der Waals surface area contributed by atoms with Gasteiger partial charge in [-0.15, -0.1) is 0 Å². The lowest BCUT2D eigenvalue weighted by Crippen LogP contribution is -2.28. The summed E-state index contributed by atoms with van der Waals surface area (Å²) in [5, 5.41) is 0.555. The number of carbonyl (C=O) groups excluding carboxylic acids is 1. The molecule has 0 amide bonds. The van der Waals surface area contributed by atoms with Crippen LogP contribution in [0, 0.1) is 0 Å². The summed E-state index contributed by atoms with van der Waals surface area (Å²) in [4.78, 5) is 17.2. The molecule has 3 nitrogen and oxygen atoms in total. The van der Waals surface area contributed by atoms with E-state index >= 15 is 0 Å². The van der Waals surface area contributed by atoms with Crippen LogP contribution in [0.2, 0.25) is 0 Å². The number of benzene rings is 2. The Morgan fingerprint density at radius 3 is 2.29 bits per heavy atom. The Bertz CT molecular complexity index is 670. The van der Waals surface area contributed by atoms with Crippen LogP contribution >= 0.6 is 11.8 Å². The molecule has 1 atom stereocenters. The number of thioether (sulfide) groups is 1. The Hall–Kier alpha value is -2.07. The van der Waals surface area contributed by atoms with Crippen LogP contribution in [0.15, 0.2) is 65.7 Å². The maximum Gasteiger partial charge on any atom is 0.165 e. The van der Waals surface area contributed by atoms with Crippen LogP contribution in [0.4, 0.5) is 0 Å². The Balaban J connectivity index is 1.94. The van der Waals surface area contributed by atoms with E-state index in [1.54, 1.807) is 0 Å². The molecule has 2 N–H and O–H groups in total. The van der Waals surface area contributed by atoms with Gasteiger partial charge >= 0.3 is 0 Å². The fraction of sp³-hybridized carbons (Fsp3) is 0.176. The number of aliphatic imine (C=N–C) groups is 1. The van der Waals surface area contributed by atoms with E-state index in [1.165, 1.54) is 11.8 Å². The summed E-state index contributed by atoms with van der Waals surface area (Å²) >= 11 is 1.51. The normalized spacial score (nSPS) is 21.0. The topological polar surface area (TPSA) is 55.4 Å². The predicted octanol–water partition coefficient (Wildman–Crippen LogP) is 3.22. The van der Waals surface area contributed by atoms with Crippen LogP contribution in [0.25, 0.3) is 0 Å². The molecule has 2 aromatic carbocycles. The van der Waals surface area contributed by atoms with E-state index in [9.17, 15) is 4.79 Å². The molecule has 0 aromatic heterocycles. The zero-order valence-electron chi connectivity index (χ0n) is 11.5. The van der Waals surface area contributed by atoms with Gasteiger partial charge in [0.2, 0.25) is 0 Å². The van der Waals surface area contributed by atoms with Gasteiger partial charge in [-0.05, 0) is 5.56 Å². The highest BCUT2D eigenvalue weighted by atomic mass is 32.2. The maximum atomic E-state index is 12.6. The first-order valence-electron chi connectivity index (χ1n) is 6.81. The molecule has 2 aromatic rings. The molecule has 0 spiro atoms. The lowest BCUT2D eigenvalue weighted by molar-refractivity contribution is 0.0957. The summed E-state index contributed by atoms with van der Waals surface area (Å²) in [5.41, 5.74) is 7.09. The number of rotatable bonds is 4. The Labute approximate surface area is 128 Å². The molecule has 0 saturated heterocycles. The van der Waals surface area contributed by atoms with Crippen molar-refractivity contribution < 1.29 is 4.79 Å². The van der Waals surface area contributed by atoms with Crippen molar-refractivity contribution in [3.05, 3.63) is 71.8 Å². The van der Waals surface area contributed by atoms with Gasteiger partial charge < -0.3 is 5.73 Å². The van der Waals surface area contributed by atoms with Crippen LogP contribution in [0.1, 0.15) is 22.3 Å². The minimum Gasteiger partial charge on any atom is -0.379 e. The van der Waals surface area contributed by atoms with E-state index in [0.717, 1.165) is 11.1 Å². The van der Waals surface area contributed by atoms with Crippen LogP contribution in [0.3, 0.4) is 0 Å². The summed E-state index contributed by atoms with van der Waals surface area (Å²) < 4.78 is 0. The van der Waals surface area contributed by atoms with Gasteiger partial charge in [-0.25, -0.2) is 4.99 Å². The molecule has 1 aliphatic heterocycles. The molecule has 3 rings (SSSR count). The van der Waals surface area contributed by atoms with E-state index in [2.05, 4.69) is 4.99 Å². The first-order valence-corrected chi connectivity index (χ1v) is 7.80. The number of carbonyl (C=O) groups is 1. The summed E-state index contributed by atoms with van der Waals surface area (Å²) in [6, 6.07) is 19.3. The monoisotopic (exact) mass is 296 g/mol. The smallest absolute Gasteiger partial charge is 0.165 e. The number of ketones is 1. The number of hydrogen-bond donors (Lipinski definition) is 1. The molecule has 0 bridgehead atoms. The SMILES string of the molecule is NC1=NC(CC(=O)c2ccccc2)(c2ccccc2)CS1. The second-order valence-corrected chi connectivity index (χ2v) is 6.10. The molecule has 0 aliphatic carbocycles. The molecule has 1 unspecified atom stereocenters. The zero-order valence-corrected chi connectivity index (χ0v) is 12.3. The van der Waals surface area contributed by atoms with Crippen molar-refractivity contribution in [2.75, 3.05) is 5.75 Å². The van der Waals surface area contributed by atoms with E-state index in [-0.39, 0.29) is 5.78 Å². The van der Waals surface area contributed by atoms with Crippen LogP contribution in [0.5, 0.6) is 0 Å². The molecule has 106 valence electrons. The lowest BCUT2D eigenvalue weighted by Gasteiger charge is -2.25. The van der Waals surface area contributed by atoms with Crippen molar-refractivity contribution in [2.45, 2.75) is 12.0 Å². The largest absolute Gasteiger partial charge is 0.379 e. The molecule has 21 heavy (non-hydrogen) atoms. The van der Waals surface area contributed by atoms with Crippen molar-refractivity contribution in [3.8, 4) is 0 Å². The van der Waals surface area contributed by atoms with E-state index in [1.807, 2.05) is 60.7 Å². The fourth-order valence-electron chi connectivity index (χ4n) is 2.55. The summed E-state index contributed by atoms with van der Waals surface area (Å²) in [7, 11) is 0. The van der Waals surface area contributed by atoms with Gasteiger partial charge in [0.15, 0.2) is 11.0 Å². The van der Waals surface area contributed by atoms with Gasteiger partial charge in [0.1, 0.15) is 5.54 Å². The standard InChI is InChI=1S/C17H16N2OS/c18-16-19-17(12-21-16,14-9-5-2-6-10-14)11-15(20)13-7-3-1-4-8-13/h1-10H,11-12H2,(H2,18,19). The fourth-order valence-corrected chi connectivity index (χ4v) is 3.51. The maximum absolute atomic E-state index is 12.6. The van der Waals surface area contributed by atoms with Gasteiger partial charge in [0, 0.05) is 17.7 Å². The third-order valence-corrected chi connectivity index (χ3v) is 4.65. The minimum absolute atomic E-state index is 0.0958. The van der Waals surface area contributed by atoms with Gasteiger partial charge in [-0.1, -0.05) is 72.4 Å². The van der Waals surface area contributed by atoms with E-state index in [4.69, 9.17) is 5.73 Å². The second kappa shape index (κ2) is 5.74. The molecular formula is C17H16N2OS. The first-order chi connectivity index (χ1) is 10.2. The van der Waals surface area contributed by atoms with Gasteiger partial charge in [0.25, 0.3) is 0 Å². The second-order valence-electron chi connectivity index (χ2n) is 5.10.